The van der Waals surface area contributed by atoms with Crippen molar-refractivity contribution in [3.63, 3.8) is 0 Å². The van der Waals surface area contributed by atoms with Crippen molar-refractivity contribution < 1.29 is 23.4 Å². The zero-order valence-electron chi connectivity index (χ0n) is 11.1. The molecule has 6 nitrogen and oxygen atoms in total. The Kier molecular flexibility index (Phi) is 5.03. The molecule has 1 saturated carbocycles. The summed E-state index contributed by atoms with van der Waals surface area (Å²) in [6.45, 7) is 0. The van der Waals surface area contributed by atoms with Gasteiger partial charge in [-0.05, 0) is 47.0 Å². The molecule has 2 rings (SSSR count). The molecule has 0 aliphatic heterocycles. The van der Waals surface area contributed by atoms with Gasteiger partial charge in [-0.3, -0.25) is 0 Å². The van der Waals surface area contributed by atoms with Gasteiger partial charge in [0, 0.05) is 10.5 Å². The van der Waals surface area contributed by atoms with E-state index in [-0.39, 0.29) is 14.9 Å². The second-order valence-electron chi connectivity index (χ2n) is 5.03. The average molecular weight is 378 g/mol. The van der Waals surface area contributed by atoms with Crippen LogP contribution in [0.25, 0.3) is 0 Å². The number of aliphatic hydroxyl groups excluding tert-OH is 1. The van der Waals surface area contributed by atoms with Gasteiger partial charge in [0.05, 0.1) is 16.6 Å². The lowest BCUT2D eigenvalue weighted by atomic mass is 9.93. The highest BCUT2D eigenvalue weighted by Crippen LogP contribution is 2.26. The van der Waals surface area contributed by atoms with Gasteiger partial charge >= 0.3 is 5.97 Å². The van der Waals surface area contributed by atoms with E-state index in [2.05, 4.69) is 20.7 Å². The molecule has 3 N–H and O–H groups in total. The third-order valence-electron chi connectivity index (χ3n) is 3.50. The van der Waals surface area contributed by atoms with Gasteiger partial charge in [-0.2, -0.15) is 0 Å². The Morgan fingerprint density at radius 3 is 2.57 bits per heavy atom. The molecule has 0 aromatic heterocycles. The van der Waals surface area contributed by atoms with Gasteiger partial charge in [0.1, 0.15) is 0 Å². The van der Waals surface area contributed by atoms with E-state index in [4.69, 9.17) is 5.11 Å². The normalized spacial score (nSPS) is 23.0. The predicted molar refractivity (Wildman–Crippen MR) is 79.7 cm³/mol. The molecule has 0 spiro atoms. The molecule has 0 unspecified atom stereocenters. The molecule has 1 aliphatic rings. The standard InChI is InChI=1S/C13H16BrNO5S/c14-9-6-5-8(13(17)18)7-12(9)21(19,20)15-10-3-1-2-4-11(10)16/h5-7,10-11,15-16H,1-4H2,(H,17,18)/t10-,11-/m0/s1. The van der Waals surface area contributed by atoms with E-state index in [1.807, 2.05) is 0 Å². The van der Waals surface area contributed by atoms with Gasteiger partial charge in [0.25, 0.3) is 0 Å². The summed E-state index contributed by atoms with van der Waals surface area (Å²) in [5, 5.41) is 18.8. The maximum Gasteiger partial charge on any atom is 0.335 e. The summed E-state index contributed by atoms with van der Waals surface area (Å²) in [5.74, 6) is -1.20. The fourth-order valence-corrected chi connectivity index (χ4v) is 4.65. The molecule has 1 fully saturated rings. The topological polar surface area (TPSA) is 104 Å². The molecule has 0 amide bonds. The lowest BCUT2D eigenvalue weighted by Gasteiger charge is -2.28. The molecule has 1 aromatic carbocycles. The molecule has 1 aromatic rings. The molecule has 2 atom stereocenters. The van der Waals surface area contributed by atoms with Crippen molar-refractivity contribution in [2.24, 2.45) is 0 Å². The van der Waals surface area contributed by atoms with Crippen molar-refractivity contribution >= 4 is 31.9 Å². The van der Waals surface area contributed by atoms with Crippen molar-refractivity contribution in [2.45, 2.75) is 42.7 Å². The van der Waals surface area contributed by atoms with Crippen molar-refractivity contribution in [1.82, 2.24) is 4.72 Å². The molecular weight excluding hydrogens is 362 g/mol. The number of aromatic carboxylic acids is 1. The number of carbonyl (C=O) groups is 1. The molecule has 8 heteroatoms. The van der Waals surface area contributed by atoms with E-state index in [0.29, 0.717) is 12.8 Å². The van der Waals surface area contributed by atoms with Crippen LogP contribution >= 0.6 is 15.9 Å². The van der Waals surface area contributed by atoms with E-state index in [0.717, 1.165) is 18.9 Å². The van der Waals surface area contributed by atoms with Gasteiger partial charge in [-0.1, -0.05) is 12.8 Å². The Bertz CT molecular complexity index is 646. The summed E-state index contributed by atoms with van der Waals surface area (Å²) in [4.78, 5) is 10.8. The maximum absolute atomic E-state index is 12.4. The fourth-order valence-electron chi connectivity index (χ4n) is 2.35. The van der Waals surface area contributed by atoms with Crippen molar-refractivity contribution in [3.8, 4) is 0 Å². The lowest BCUT2D eigenvalue weighted by molar-refractivity contribution is 0.0696. The summed E-state index contributed by atoms with van der Waals surface area (Å²) >= 11 is 3.12. The molecule has 1 aliphatic carbocycles. The van der Waals surface area contributed by atoms with Gasteiger partial charge < -0.3 is 10.2 Å². The SMILES string of the molecule is O=C(O)c1ccc(Br)c(S(=O)(=O)N[C@H]2CCCC[C@@H]2O)c1. The number of aliphatic hydroxyl groups is 1. The number of rotatable bonds is 4. The molecule has 0 heterocycles. The van der Waals surface area contributed by atoms with Crippen molar-refractivity contribution in [2.75, 3.05) is 0 Å². The minimum atomic E-state index is -3.90. The van der Waals surface area contributed by atoms with Crippen LogP contribution in [0.1, 0.15) is 36.0 Å². The Morgan fingerprint density at radius 2 is 1.95 bits per heavy atom. The number of carboxylic acid groups (broad SMARTS) is 1. The monoisotopic (exact) mass is 377 g/mol. The summed E-state index contributed by atoms with van der Waals surface area (Å²) < 4.78 is 27.5. The van der Waals surface area contributed by atoms with Crippen LogP contribution in [0.2, 0.25) is 0 Å². The number of hydrogen-bond acceptors (Lipinski definition) is 4. The Labute approximate surface area is 131 Å². The summed E-state index contributed by atoms with van der Waals surface area (Å²) in [7, 11) is -3.90. The Hall–Kier alpha value is -0.960. The zero-order chi connectivity index (χ0) is 15.6. The average Bonchev–Trinajstić information content (AvgIpc) is 2.41. The number of hydrogen-bond donors (Lipinski definition) is 3. The Balaban J connectivity index is 2.30. The van der Waals surface area contributed by atoms with Crippen LogP contribution in [-0.2, 0) is 10.0 Å². The quantitative estimate of drug-likeness (QED) is 0.740. The minimum Gasteiger partial charge on any atom is -0.478 e. The van der Waals surface area contributed by atoms with Crippen molar-refractivity contribution in [3.05, 3.63) is 28.2 Å². The molecule has 21 heavy (non-hydrogen) atoms. The fraction of sp³-hybridized carbons (Fsp3) is 0.462. The largest absolute Gasteiger partial charge is 0.478 e. The molecule has 0 bridgehead atoms. The zero-order valence-corrected chi connectivity index (χ0v) is 13.5. The minimum absolute atomic E-state index is 0.109. The number of sulfonamides is 1. The van der Waals surface area contributed by atoms with Crippen LogP contribution in [-0.4, -0.2) is 36.7 Å². The summed E-state index contributed by atoms with van der Waals surface area (Å²) in [6, 6.07) is 3.27. The summed E-state index contributed by atoms with van der Waals surface area (Å²) in [6.07, 6.45) is 2.13. The van der Waals surface area contributed by atoms with E-state index in [1.165, 1.54) is 12.1 Å². The third kappa shape index (κ3) is 3.82. The smallest absolute Gasteiger partial charge is 0.335 e. The maximum atomic E-state index is 12.4. The van der Waals surface area contributed by atoms with E-state index in [9.17, 15) is 18.3 Å². The van der Waals surface area contributed by atoms with Crippen LogP contribution in [0.5, 0.6) is 0 Å². The summed E-state index contributed by atoms with van der Waals surface area (Å²) in [5.41, 5.74) is -0.109. The second-order valence-corrected chi connectivity index (χ2v) is 7.57. The second kappa shape index (κ2) is 6.43. The van der Waals surface area contributed by atoms with E-state index >= 15 is 0 Å². The van der Waals surface area contributed by atoms with Gasteiger partial charge in [-0.15, -0.1) is 0 Å². The first kappa shape index (κ1) is 16.4. The molecular formula is C13H16BrNO5S. The van der Waals surface area contributed by atoms with Crippen molar-refractivity contribution in [1.29, 1.82) is 0 Å². The molecule has 0 saturated heterocycles. The van der Waals surface area contributed by atoms with Crippen LogP contribution in [0.3, 0.4) is 0 Å². The van der Waals surface area contributed by atoms with Gasteiger partial charge in [-0.25, -0.2) is 17.9 Å². The third-order valence-corrected chi connectivity index (χ3v) is 5.99. The lowest BCUT2D eigenvalue weighted by Crippen LogP contribution is -2.45. The van der Waals surface area contributed by atoms with Gasteiger partial charge in [0.15, 0.2) is 0 Å². The first-order valence-electron chi connectivity index (χ1n) is 6.54. The van der Waals surface area contributed by atoms with E-state index < -0.39 is 28.1 Å². The Morgan fingerprint density at radius 1 is 1.29 bits per heavy atom. The number of halogens is 1. The first-order chi connectivity index (χ1) is 9.81. The highest BCUT2D eigenvalue weighted by molar-refractivity contribution is 9.10. The number of carboxylic acids is 1. The highest BCUT2D eigenvalue weighted by atomic mass is 79.9. The molecule has 0 radical (unpaired) electrons. The number of benzene rings is 1. The first-order valence-corrected chi connectivity index (χ1v) is 8.82. The van der Waals surface area contributed by atoms with Gasteiger partial charge in [0.2, 0.25) is 10.0 Å². The highest BCUT2D eigenvalue weighted by Gasteiger charge is 2.29. The number of nitrogens with one attached hydrogen (secondary N) is 1. The molecule has 116 valence electrons. The van der Waals surface area contributed by atoms with E-state index in [1.54, 1.807) is 0 Å². The van der Waals surface area contributed by atoms with Crippen LogP contribution in [0.4, 0.5) is 0 Å². The predicted octanol–water partition coefficient (Wildman–Crippen LogP) is 1.73. The van der Waals surface area contributed by atoms with Crippen LogP contribution in [0.15, 0.2) is 27.6 Å². The van der Waals surface area contributed by atoms with Crippen LogP contribution in [0, 0.1) is 0 Å². The van der Waals surface area contributed by atoms with Crippen LogP contribution < -0.4 is 4.72 Å².